The zero-order chi connectivity index (χ0) is 13.5. The number of benzene rings is 1. The number of alkyl halides is 3. The molecule has 94 valence electrons. The summed E-state index contributed by atoms with van der Waals surface area (Å²) in [5, 5.41) is 0.287. The topological polar surface area (TPSA) is 38.9 Å². The molecule has 2 N–H and O–H groups in total. The number of rotatable bonds is 1. The summed E-state index contributed by atoms with van der Waals surface area (Å²) in [5.41, 5.74) is 4.39. The maximum Gasteiger partial charge on any atom is 0.418 e. The lowest BCUT2D eigenvalue weighted by Crippen LogP contribution is -2.13. The van der Waals surface area contributed by atoms with Crippen molar-refractivity contribution < 1.29 is 13.2 Å². The Labute approximate surface area is 111 Å². The number of pyridine rings is 1. The Kier molecular flexibility index (Phi) is 3.16. The van der Waals surface area contributed by atoms with Gasteiger partial charge in [-0.15, -0.1) is 0 Å². The van der Waals surface area contributed by atoms with Gasteiger partial charge in [0, 0.05) is 10.4 Å². The van der Waals surface area contributed by atoms with Crippen molar-refractivity contribution in [3.05, 3.63) is 40.5 Å². The van der Waals surface area contributed by atoms with Crippen molar-refractivity contribution in [2.45, 2.75) is 6.18 Å². The van der Waals surface area contributed by atoms with Gasteiger partial charge < -0.3 is 5.73 Å². The number of hydrogen-bond donors (Lipinski definition) is 1. The van der Waals surface area contributed by atoms with Gasteiger partial charge in [0.05, 0.1) is 16.8 Å². The number of hydrogen-bond acceptors (Lipinski definition) is 2. The van der Waals surface area contributed by atoms with Gasteiger partial charge in [-0.3, -0.25) is 0 Å². The van der Waals surface area contributed by atoms with Crippen molar-refractivity contribution in [2.75, 3.05) is 0 Å². The molecule has 0 aliphatic carbocycles. The Balaban J connectivity index is 2.82. The molecule has 2 rings (SSSR count). The van der Waals surface area contributed by atoms with Gasteiger partial charge in [0.2, 0.25) is 0 Å². The summed E-state index contributed by atoms with van der Waals surface area (Å²) in [7, 11) is 0. The molecule has 2 aromatic rings. The normalized spacial score (nSPS) is 11.8. The summed E-state index contributed by atoms with van der Waals surface area (Å²) in [4.78, 5) is 3.78. The lowest BCUT2D eigenvalue weighted by atomic mass is 10.1. The minimum atomic E-state index is -4.54. The molecule has 1 aromatic heterocycles. The first kappa shape index (κ1) is 13.0. The summed E-state index contributed by atoms with van der Waals surface area (Å²) in [6, 6.07) is 5.15. The van der Waals surface area contributed by atoms with Crippen LogP contribution in [-0.4, -0.2) is 9.97 Å². The summed E-state index contributed by atoms with van der Waals surface area (Å²) >= 11 is 10.3. The lowest BCUT2D eigenvalue weighted by Gasteiger charge is -2.11. The van der Waals surface area contributed by atoms with Crippen LogP contribution in [0.3, 0.4) is 0 Å². The van der Waals surface area contributed by atoms with Crippen molar-refractivity contribution in [3.63, 3.8) is 0 Å². The molecule has 18 heavy (non-hydrogen) atoms. The number of thiocarbonyl (C=S) groups is 1. The average Bonchev–Trinajstić information content (AvgIpc) is 2.25. The second-order valence-electron chi connectivity index (χ2n) is 3.58. The van der Waals surface area contributed by atoms with E-state index in [1.807, 2.05) is 0 Å². The van der Waals surface area contributed by atoms with Crippen LogP contribution < -0.4 is 5.73 Å². The first-order valence-electron chi connectivity index (χ1n) is 4.76. The maximum absolute atomic E-state index is 12.9. The molecule has 0 saturated heterocycles. The van der Waals surface area contributed by atoms with E-state index in [9.17, 15) is 13.2 Å². The molecule has 0 unspecified atom stereocenters. The fraction of sp³-hybridized carbons (Fsp3) is 0.0909. The monoisotopic (exact) mass is 290 g/mol. The molecule has 0 saturated carbocycles. The standard InChI is InChI=1S/C11H6ClF3N2S/c12-6-3-5-1-2-8(10(16)18)17-9(5)7(4-6)11(13,14)15/h1-4H,(H2,16,18). The van der Waals surface area contributed by atoms with E-state index >= 15 is 0 Å². The van der Waals surface area contributed by atoms with Crippen molar-refractivity contribution in [3.8, 4) is 0 Å². The quantitative estimate of drug-likeness (QED) is 0.817. The third-order valence-corrected chi connectivity index (χ3v) is 2.74. The molecule has 2 nitrogen and oxygen atoms in total. The molecular formula is C11H6ClF3N2S. The fourth-order valence-electron chi connectivity index (χ4n) is 1.55. The van der Waals surface area contributed by atoms with Gasteiger partial charge in [-0.2, -0.15) is 13.2 Å². The molecule has 0 spiro atoms. The van der Waals surface area contributed by atoms with Gasteiger partial charge in [0.15, 0.2) is 0 Å². The predicted octanol–water partition coefficient (Wildman–Crippen LogP) is 3.54. The van der Waals surface area contributed by atoms with Crippen molar-refractivity contribution in [1.29, 1.82) is 0 Å². The fourth-order valence-corrected chi connectivity index (χ4v) is 1.89. The lowest BCUT2D eigenvalue weighted by molar-refractivity contribution is -0.136. The molecule has 0 aliphatic heterocycles. The van der Waals surface area contributed by atoms with E-state index in [0.717, 1.165) is 6.07 Å². The third-order valence-electron chi connectivity index (χ3n) is 2.32. The van der Waals surface area contributed by atoms with E-state index < -0.39 is 11.7 Å². The molecule has 1 heterocycles. The van der Waals surface area contributed by atoms with Crippen LogP contribution in [0.4, 0.5) is 13.2 Å². The molecule has 7 heteroatoms. The Morgan fingerprint density at radius 3 is 2.50 bits per heavy atom. The molecule has 0 atom stereocenters. The SMILES string of the molecule is NC(=S)c1ccc2cc(Cl)cc(C(F)(F)F)c2n1. The molecule has 0 radical (unpaired) electrons. The van der Waals surface area contributed by atoms with Gasteiger partial charge in [0.25, 0.3) is 0 Å². The number of aromatic nitrogens is 1. The largest absolute Gasteiger partial charge is 0.418 e. The van der Waals surface area contributed by atoms with E-state index in [0.29, 0.717) is 0 Å². The van der Waals surface area contributed by atoms with E-state index in [4.69, 9.17) is 29.6 Å². The van der Waals surface area contributed by atoms with Crippen molar-refractivity contribution in [1.82, 2.24) is 4.98 Å². The van der Waals surface area contributed by atoms with Gasteiger partial charge in [0.1, 0.15) is 4.99 Å². The smallest absolute Gasteiger partial charge is 0.388 e. The van der Waals surface area contributed by atoms with Crippen LogP contribution in [0, 0.1) is 0 Å². The molecule has 0 bridgehead atoms. The third kappa shape index (κ3) is 2.39. The number of halogens is 4. The van der Waals surface area contributed by atoms with Crippen LogP contribution in [0.5, 0.6) is 0 Å². The first-order valence-corrected chi connectivity index (χ1v) is 5.55. The minimum Gasteiger partial charge on any atom is -0.388 e. The molecule has 0 fully saturated rings. The molecule has 0 aliphatic rings. The number of nitrogens with two attached hydrogens (primary N) is 1. The average molecular weight is 291 g/mol. The summed E-state index contributed by atoms with van der Waals surface area (Å²) in [6.07, 6.45) is -4.54. The summed E-state index contributed by atoms with van der Waals surface area (Å²) in [5.74, 6) is 0. The molecular weight excluding hydrogens is 285 g/mol. The van der Waals surface area contributed by atoms with Crippen LogP contribution in [0.1, 0.15) is 11.3 Å². The first-order chi connectivity index (χ1) is 8.29. The Morgan fingerprint density at radius 1 is 1.28 bits per heavy atom. The Hall–Kier alpha value is -1.40. The van der Waals surface area contributed by atoms with Gasteiger partial charge >= 0.3 is 6.18 Å². The van der Waals surface area contributed by atoms with Crippen molar-refractivity contribution >= 4 is 39.7 Å². The van der Waals surface area contributed by atoms with E-state index in [1.54, 1.807) is 0 Å². The van der Waals surface area contributed by atoms with Crippen LogP contribution >= 0.6 is 23.8 Å². The van der Waals surface area contributed by atoms with E-state index in [-0.39, 0.29) is 26.6 Å². The van der Waals surface area contributed by atoms with E-state index in [1.165, 1.54) is 18.2 Å². The van der Waals surface area contributed by atoms with Crippen LogP contribution in [0.25, 0.3) is 10.9 Å². The number of fused-ring (bicyclic) bond motifs is 1. The zero-order valence-electron chi connectivity index (χ0n) is 8.75. The summed E-state index contributed by atoms with van der Waals surface area (Å²) in [6.45, 7) is 0. The predicted molar refractivity (Wildman–Crippen MR) is 67.6 cm³/mol. The van der Waals surface area contributed by atoms with Crippen LogP contribution in [-0.2, 0) is 6.18 Å². The van der Waals surface area contributed by atoms with Gasteiger partial charge in [-0.05, 0) is 18.2 Å². The second kappa shape index (κ2) is 4.37. The maximum atomic E-state index is 12.9. The van der Waals surface area contributed by atoms with Crippen LogP contribution in [0.15, 0.2) is 24.3 Å². The molecule has 0 amide bonds. The Morgan fingerprint density at radius 2 is 1.94 bits per heavy atom. The highest BCUT2D eigenvalue weighted by Crippen LogP contribution is 2.36. The Bertz CT molecular complexity index is 640. The molecule has 1 aromatic carbocycles. The highest BCUT2D eigenvalue weighted by atomic mass is 35.5. The van der Waals surface area contributed by atoms with Gasteiger partial charge in [-0.1, -0.05) is 29.9 Å². The van der Waals surface area contributed by atoms with Gasteiger partial charge in [-0.25, -0.2) is 4.98 Å². The minimum absolute atomic E-state index is 0.000278. The second-order valence-corrected chi connectivity index (χ2v) is 4.46. The number of nitrogens with zero attached hydrogens (tertiary/aromatic N) is 1. The van der Waals surface area contributed by atoms with Crippen molar-refractivity contribution in [2.24, 2.45) is 5.73 Å². The summed E-state index contributed by atoms with van der Waals surface area (Å²) < 4.78 is 38.6. The zero-order valence-corrected chi connectivity index (χ0v) is 10.3. The highest BCUT2D eigenvalue weighted by molar-refractivity contribution is 7.80. The van der Waals surface area contributed by atoms with E-state index in [2.05, 4.69) is 4.98 Å². The highest BCUT2D eigenvalue weighted by Gasteiger charge is 2.33. The van der Waals surface area contributed by atoms with Crippen LogP contribution in [0.2, 0.25) is 5.02 Å².